The summed E-state index contributed by atoms with van der Waals surface area (Å²) in [6.07, 6.45) is 0. The zero-order valence-corrected chi connectivity index (χ0v) is 13.8. The first-order chi connectivity index (χ1) is 11.0. The number of hydrogen-bond donors (Lipinski definition) is 0. The van der Waals surface area contributed by atoms with E-state index >= 15 is 0 Å². The summed E-state index contributed by atoms with van der Waals surface area (Å²) >= 11 is 1.41. The summed E-state index contributed by atoms with van der Waals surface area (Å²) in [5, 5.41) is 13.0. The highest BCUT2D eigenvalue weighted by Gasteiger charge is 2.47. The van der Waals surface area contributed by atoms with E-state index < -0.39 is 30.9 Å². The minimum atomic E-state index is -5.65. The minimum absolute atomic E-state index is 0.0227. The third-order valence-corrected chi connectivity index (χ3v) is 5.49. The van der Waals surface area contributed by atoms with E-state index in [0.717, 1.165) is 17.0 Å². The molecule has 1 aromatic carbocycles. The molecule has 0 atom stereocenters. The van der Waals surface area contributed by atoms with E-state index in [1.807, 2.05) is 5.38 Å². The molecule has 0 saturated carbocycles. The highest BCUT2D eigenvalue weighted by molar-refractivity contribution is 7.92. The highest BCUT2D eigenvalue weighted by Crippen LogP contribution is 2.36. The van der Waals surface area contributed by atoms with Crippen LogP contribution in [-0.4, -0.2) is 25.9 Å². The first kappa shape index (κ1) is 18.2. The van der Waals surface area contributed by atoms with Crippen molar-refractivity contribution in [2.75, 3.05) is 11.9 Å². The van der Waals surface area contributed by atoms with E-state index in [1.165, 1.54) is 23.3 Å². The van der Waals surface area contributed by atoms with Crippen LogP contribution >= 0.6 is 11.3 Å². The lowest BCUT2D eigenvalue weighted by Gasteiger charge is -2.19. The molecule has 0 N–H and O–H groups in total. The number of anilines is 1. The number of thiophene rings is 1. The van der Waals surface area contributed by atoms with E-state index in [0.29, 0.717) is 12.6 Å². The van der Waals surface area contributed by atoms with Crippen LogP contribution in [0, 0.1) is 10.1 Å². The van der Waals surface area contributed by atoms with Gasteiger partial charge in [0.1, 0.15) is 5.69 Å². The van der Waals surface area contributed by atoms with Gasteiger partial charge in [-0.15, -0.1) is 11.3 Å². The van der Waals surface area contributed by atoms with Gasteiger partial charge >= 0.3 is 5.51 Å². The van der Waals surface area contributed by atoms with Gasteiger partial charge in [-0.25, -0.2) is 8.42 Å². The molecule has 24 heavy (non-hydrogen) atoms. The first-order valence-electron chi connectivity index (χ1n) is 6.37. The van der Waals surface area contributed by atoms with Crippen molar-refractivity contribution in [2.24, 2.45) is 0 Å². The van der Waals surface area contributed by atoms with Crippen LogP contribution in [0.15, 0.2) is 40.6 Å². The predicted octanol–water partition coefficient (Wildman–Crippen LogP) is 3.59. The maximum Gasteiger partial charge on any atom is 0.501 e. The number of benzene rings is 1. The molecule has 2 rings (SSSR count). The first-order valence-corrected chi connectivity index (χ1v) is 8.73. The van der Waals surface area contributed by atoms with Gasteiger partial charge in [0.25, 0.3) is 15.5 Å². The number of nitrogens with zero attached hydrogens (tertiary/aromatic N) is 2. The summed E-state index contributed by atoms with van der Waals surface area (Å²) < 4.78 is 60.6. The second-order valence-corrected chi connectivity index (χ2v) is 7.77. The number of alkyl halides is 3. The second-order valence-electron chi connectivity index (χ2n) is 4.79. The zero-order chi connectivity index (χ0) is 18.1. The Morgan fingerprint density at radius 2 is 1.96 bits per heavy atom. The Morgan fingerprint density at radius 3 is 2.46 bits per heavy atom. The third kappa shape index (κ3) is 3.51. The molecule has 1 aromatic heterocycles. The lowest BCUT2D eigenvalue weighted by molar-refractivity contribution is -0.384. The minimum Gasteiger partial charge on any atom is -0.364 e. The predicted molar refractivity (Wildman–Crippen MR) is 82.8 cm³/mol. The van der Waals surface area contributed by atoms with Crippen LogP contribution in [0.3, 0.4) is 0 Å². The molecule has 0 saturated heterocycles. The van der Waals surface area contributed by atoms with Gasteiger partial charge in [-0.3, -0.25) is 10.1 Å². The molecular formula is C13H11F3N2O4S2. The van der Waals surface area contributed by atoms with E-state index in [4.69, 9.17) is 0 Å². The number of sulfone groups is 1. The van der Waals surface area contributed by atoms with Crippen molar-refractivity contribution in [3.05, 3.63) is 50.7 Å². The largest absolute Gasteiger partial charge is 0.501 e. The molecule has 0 aliphatic carbocycles. The molecule has 2 aromatic rings. The quantitative estimate of drug-likeness (QED) is 0.585. The van der Waals surface area contributed by atoms with Gasteiger partial charge in [-0.1, -0.05) is 6.07 Å². The Kier molecular flexibility index (Phi) is 4.85. The Bertz CT molecular complexity index is 849. The van der Waals surface area contributed by atoms with E-state index in [9.17, 15) is 31.7 Å². The average Bonchev–Trinajstić information content (AvgIpc) is 2.98. The monoisotopic (exact) mass is 380 g/mol. The zero-order valence-electron chi connectivity index (χ0n) is 12.1. The number of halogens is 3. The fraction of sp³-hybridized carbons (Fsp3) is 0.231. The second kappa shape index (κ2) is 6.40. The van der Waals surface area contributed by atoms with Crippen LogP contribution in [0.1, 0.15) is 4.88 Å². The molecule has 0 fully saturated rings. The standard InChI is InChI=1S/C13H11F3N2O4S2/c1-17(8-9-3-2-6-23-9)11-5-4-10(7-12(11)18(19)20)24(21,22)13(14,15)16/h2-7H,8H2,1H3. The Morgan fingerprint density at radius 1 is 1.29 bits per heavy atom. The van der Waals surface area contributed by atoms with Gasteiger partial charge in [0.15, 0.2) is 0 Å². The van der Waals surface area contributed by atoms with E-state index in [-0.39, 0.29) is 5.69 Å². The van der Waals surface area contributed by atoms with Crippen LogP contribution in [-0.2, 0) is 16.4 Å². The van der Waals surface area contributed by atoms with Crippen LogP contribution in [0.25, 0.3) is 0 Å². The van der Waals surface area contributed by atoms with Gasteiger partial charge in [-0.05, 0) is 23.6 Å². The van der Waals surface area contributed by atoms with E-state index in [2.05, 4.69) is 0 Å². The van der Waals surface area contributed by atoms with Crippen LogP contribution in [0.2, 0.25) is 0 Å². The summed E-state index contributed by atoms with van der Waals surface area (Å²) in [6, 6.07) is 5.75. The summed E-state index contributed by atoms with van der Waals surface area (Å²) in [5.74, 6) is 0. The maximum absolute atomic E-state index is 12.6. The summed E-state index contributed by atoms with van der Waals surface area (Å²) in [6.45, 7) is 0.296. The fourth-order valence-electron chi connectivity index (χ4n) is 1.99. The Balaban J connectivity index is 2.46. The van der Waals surface area contributed by atoms with Gasteiger partial charge in [0, 0.05) is 18.0 Å². The lowest BCUT2D eigenvalue weighted by atomic mass is 10.2. The molecule has 0 radical (unpaired) electrons. The highest BCUT2D eigenvalue weighted by atomic mass is 32.2. The molecule has 0 bridgehead atoms. The molecule has 0 unspecified atom stereocenters. The van der Waals surface area contributed by atoms with Crippen LogP contribution in [0.4, 0.5) is 24.5 Å². The third-order valence-electron chi connectivity index (χ3n) is 3.14. The van der Waals surface area contributed by atoms with Gasteiger partial charge in [0.05, 0.1) is 16.4 Å². The van der Waals surface area contributed by atoms with Gasteiger partial charge in [0.2, 0.25) is 0 Å². The Labute approximate surface area is 139 Å². The SMILES string of the molecule is CN(Cc1cccs1)c1ccc(S(=O)(=O)C(F)(F)F)cc1[N+](=O)[O-]. The smallest absolute Gasteiger partial charge is 0.364 e. The van der Waals surface area contributed by atoms with Crippen molar-refractivity contribution in [3.63, 3.8) is 0 Å². The summed E-state index contributed by atoms with van der Waals surface area (Å²) in [4.78, 5) is 11.5. The molecule has 0 spiro atoms. The van der Waals surface area contributed by atoms with Gasteiger partial charge < -0.3 is 4.90 Å². The Hall–Kier alpha value is -2.14. The van der Waals surface area contributed by atoms with Crippen molar-refractivity contribution >= 4 is 32.5 Å². The molecule has 11 heteroatoms. The average molecular weight is 380 g/mol. The van der Waals surface area contributed by atoms with Crippen LogP contribution < -0.4 is 4.90 Å². The topological polar surface area (TPSA) is 80.5 Å². The molecule has 0 aliphatic rings. The number of nitro benzene ring substituents is 1. The normalized spacial score (nSPS) is 12.2. The number of nitro groups is 1. The van der Waals surface area contributed by atoms with Crippen molar-refractivity contribution in [1.82, 2.24) is 0 Å². The number of rotatable bonds is 5. The molecule has 0 amide bonds. The maximum atomic E-state index is 12.6. The van der Waals surface area contributed by atoms with Crippen molar-refractivity contribution in [3.8, 4) is 0 Å². The summed E-state index contributed by atoms with van der Waals surface area (Å²) in [7, 11) is -4.12. The molecule has 6 nitrogen and oxygen atoms in total. The van der Waals surface area contributed by atoms with Crippen molar-refractivity contribution < 1.29 is 26.5 Å². The number of hydrogen-bond acceptors (Lipinski definition) is 6. The molecule has 0 aliphatic heterocycles. The molecular weight excluding hydrogens is 369 g/mol. The van der Waals surface area contributed by atoms with Crippen molar-refractivity contribution in [1.29, 1.82) is 0 Å². The van der Waals surface area contributed by atoms with Crippen molar-refractivity contribution in [2.45, 2.75) is 16.9 Å². The van der Waals surface area contributed by atoms with E-state index in [1.54, 1.807) is 12.1 Å². The van der Waals surface area contributed by atoms with Gasteiger partial charge in [-0.2, -0.15) is 13.2 Å². The molecule has 1 heterocycles. The summed E-state index contributed by atoms with van der Waals surface area (Å²) in [5.41, 5.74) is -6.21. The fourth-order valence-corrected chi connectivity index (χ4v) is 3.53. The van der Waals surface area contributed by atoms with Crippen LogP contribution in [0.5, 0.6) is 0 Å². The lowest BCUT2D eigenvalue weighted by Crippen LogP contribution is -2.24. The molecule has 130 valence electrons.